The van der Waals surface area contributed by atoms with Crippen LogP contribution in [0.5, 0.6) is 0 Å². The van der Waals surface area contributed by atoms with Crippen LogP contribution in [-0.2, 0) is 5.75 Å². The number of thioether (sulfide) groups is 1. The molecule has 0 unspecified atom stereocenters. The van der Waals surface area contributed by atoms with Gasteiger partial charge in [-0.3, -0.25) is 4.79 Å². The number of aromatic amines is 1. The van der Waals surface area contributed by atoms with E-state index < -0.39 is 0 Å². The van der Waals surface area contributed by atoms with Crippen molar-refractivity contribution in [3.63, 3.8) is 0 Å². The molecule has 1 aromatic carbocycles. The van der Waals surface area contributed by atoms with E-state index in [0.717, 1.165) is 5.56 Å². The molecule has 0 fully saturated rings. The summed E-state index contributed by atoms with van der Waals surface area (Å²) in [7, 11) is 0. The molecule has 2 aromatic rings. The van der Waals surface area contributed by atoms with Gasteiger partial charge in [0.2, 0.25) is 0 Å². The SMILES string of the molecule is N/C(=N\O)c1ccccc1CSc1nccc(=O)[nH]1. The van der Waals surface area contributed by atoms with Crippen LogP contribution in [-0.4, -0.2) is 21.0 Å². The van der Waals surface area contributed by atoms with Crippen LogP contribution in [0.2, 0.25) is 0 Å². The molecular formula is C12H12N4O2S. The van der Waals surface area contributed by atoms with Gasteiger partial charge in [0.15, 0.2) is 11.0 Å². The van der Waals surface area contributed by atoms with Gasteiger partial charge < -0.3 is 15.9 Å². The smallest absolute Gasteiger partial charge is 0.251 e. The highest BCUT2D eigenvalue weighted by molar-refractivity contribution is 7.98. The third kappa shape index (κ3) is 3.35. The fraction of sp³-hybridized carbons (Fsp3) is 0.0833. The summed E-state index contributed by atoms with van der Waals surface area (Å²) >= 11 is 1.37. The van der Waals surface area contributed by atoms with Gasteiger partial charge in [0.05, 0.1) is 0 Å². The van der Waals surface area contributed by atoms with Gasteiger partial charge in [0.1, 0.15) is 0 Å². The number of oxime groups is 1. The molecule has 0 atom stereocenters. The van der Waals surface area contributed by atoms with Gasteiger partial charge in [-0.2, -0.15) is 0 Å². The van der Waals surface area contributed by atoms with E-state index in [1.165, 1.54) is 24.0 Å². The van der Waals surface area contributed by atoms with E-state index in [-0.39, 0.29) is 11.4 Å². The highest BCUT2D eigenvalue weighted by Gasteiger charge is 2.07. The van der Waals surface area contributed by atoms with E-state index in [9.17, 15) is 4.79 Å². The average molecular weight is 276 g/mol. The van der Waals surface area contributed by atoms with E-state index in [1.54, 1.807) is 6.07 Å². The van der Waals surface area contributed by atoms with Crippen molar-refractivity contribution in [2.75, 3.05) is 0 Å². The summed E-state index contributed by atoms with van der Waals surface area (Å²) in [6, 6.07) is 8.68. The van der Waals surface area contributed by atoms with Crippen LogP contribution in [0.1, 0.15) is 11.1 Å². The molecule has 0 aliphatic carbocycles. The zero-order valence-electron chi connectivity index (χ0n) is 9.91. The van der Waals surface area contributed by atoms with Crippen molar-refractivity contribution in [2.24, 2.45) is 10.9 Å². The zero-order chi connectivity index (χ0) is 13.7. The lowest BCUT2D eigenvalue weighted by Crippen LogP contribution is -2.15. The second-order valence-corrected chi connectivity index (χ2v) is 4.63. The predicted molar refractivity (Wildman–Crippen MR) is 73.4 cm³/mol. The quantitative estimate of drug-likeness (QED) is 0.194. The maximum absolute atomic E-state index is 11.1. The van der Waals surface area contributed by atoms with Gasteiger partial charge in [-0.1, -0.05) is 41.2 Å². The van der Waals surface area contributed by atoms with Crippen molar-refractivity contribution < 1.29 is 5.21 Å². The number of nitrogens with zero attached hydrogens (tertiary/aromatic N) is 2. The van der Waals surface area contributed by atoms with Crippen LogP contribution in [0, 0.1) is 0 Å². The molecule has 4 N–H and O–H groups in total. The van der Waals surface area contributed by atoms with Crippen molar-refractivity contribution in [3.05, 3.63) is 58.0 Å². The van der Waals surface area contributed by atoms with Crippen LogP contribution in [0.4, 0.5) is 0 Å². The molecule has 2 rings (SSSR count). The summed E-state index contributed by atoms with van der Waals surface area (Å²) in [5, 5.41) is 12.3. The number of benzene rings is 1. The fourth-order valence-corrected chi connectivity index (χ4v) is 2.37. The third-order valence-electron chi connectivity index (χ3n) is 2.41. The third-order valence-corrected chi connectivity index (χ3v) is 3.35. The van der Waals surface area contributed by atoms with E-state index in [4.69, 9.17) is 10.9 Å². The van der Waals surface area contributed by atoms with Gasteiger partial charge in [-0.15, -0.1) is 0 Å². The Morgan fingerprint density at radius 2 is 2.21 bits per heavy atom. The average Bonchev–Trinajstić information content (AvgIpc) is 2.45. The molecule has 0 amide bonds. The standard InChI is InChI=1S/C12H12N4O2S/c13-11(16-18)9-4-2-1-3-8(9)7-19-12-14-6-5-10(17)15-12/h1-6,18H,7H2,(H2,13,16)(H,14,15,17). The summed E-state index contributed by atoms with van der Waals surface area (Å²) in [4.78, 5) is 17.8. The Bertz CT molecular complexity index is 654. The Morgan fingerprint density at radius 3 is 2.95 bits per heavy atom. The van der Waals surface area contributed by atoms with Crippen LogP contribution in [0.25, 0.3) is 0 Å². The number of amidine groups is 1. The molecule has 7 heteroatoms. The van der Waals surface area contributed by atoms with E-state index in [1.807, 2.05) is 18.2 Å². The molecule has 0 bridgehead atoms. The van der Waals surface area contributed by atoms with Gasteiger partial charge in [0, 0.05) is 23.6 Å². The molecule has 0 aliphatic rings. The highest BCUT2D eigenvalue weighted by Crippen LogP contribution is 2.20. The second-order valence-electron chi connectivity index (χ2n) is 3.67. The van der Waals surface area contributed by atoms with Gasteiger partial charge >= 0.3 is 0 Å². The first-order valence-corrected chi connectivity index (χ1v) is 6.43. The lowest BCUT2D eigenvalue weighted by atomic mass is 10.1. The minimum absolute atomic E-state index is 0.0608. The summed E-state index contributed by atoms with van der Waals surface area (Å²) in [6.07, 6.45) is 1.45. The molecule has 19 heavy (non-hydrogen) atoms. The number of hydrogen-bond donors (Lipinski definition) is 3. The predicted octanol–water partition coefficient (Wildman–Crippen LogP) is 1.16. The highest BCUT2D eigenvalue weighted by atomic mass is 32.2. The summed E-state index contributed by atoms with van der Waals surface area (Å²) in [5.74, 6) is 0.616. The van der Waals surface area contributed by atoms with E-state index >= 15 is 0 Å². The van der Waals surface area contributed by atoms with E-state index in [0.29, 0.717) is 16.5 Å². The van der Waals surface area contributed by atoms with Crippen molar-refractivity contribution in [3.8, 4) is 0 Å². The van der Waals surface area contributed by atoms with Crippen molar-refractivity contribution >= 4 is 17.6 Å². The van der Waals surface area contributed by atoms with Crippen LogP contribution >= 0.6 is 11.8 Å². The number of rotatable bonds is 4. The lowest BCUT2D eigenvalue weighted by molar-refractivity contribution is 0.318. The van der Waals surface area contributed by atoms with Crippen LogP contribution in [0.3, 0.4) is 0 Å². The Kier molecular flexibility index (Phi) is 4.19. The maximum atomic E-state index is 11.1. The van der Waals surface area contributed by atoms with Crippen LogP contribution < -0.4 is 11.3 Å². The zero-order valence-corrected chi connectivity index (χ0v) is 10.7. The first-order valence-electron chi connectivity index (χ1n) is 5.44. The lowest BCUT2D eigenvalue weighted by Gasteiger charge is -2.07. The molecule has 1 heterocycles. The molecule has 6 nitrogen and oxygen atoms in total. The normalized spacial score (nSPS) is 11.5. The van der Waals surface area contributed by atoms with Crippen molar-refractivity contribution in [2.45, 2.75) is 10.9 Å². The summed E-state index contributed by atoms with van der Waals surface area (Å²) < 4.78 is 0. The topological polar surface area (TPSA) is 104 Å². The molecule has 0 aliphatic heterocycles. The Hall–Kier alpha value is -2.28. The van der Waals surface area contributed by atoms with Gasteiger partial charge in [-0.05, 0) is 5.56 Å². The summed E-state index contributed by atoms with van der Waals surface area (Å²) in [6.45, 7) is 0. The van der Waals surface area contributed by atoms with Gasteiger partial charge in [0.25, 0.3) is 5.56 Å². The molecule has 98 valence electrons. The largest absolute Gasteiger partial charge is 0.409 e. The first kappa shape index (κ1) is 13.2. The van der Waals surface area contributed by atoms with Crippen molar-refractivity contribution in [1.82, 2.24) is 9.97 Å². The molecule has 0 saturated carbocycles. The maximum Gasteiger partial charge on any atom is 0.251 e. The Balaban J connectivity index is 2.18. The number of aromatic nitrogens is 2. The fourth-order valence-electron chi connectivity index (χ4n) is 1.52. The van der Waals surface area contributed by atoms with Crippen molar-refractivity contribution in [1.29, 1.82) is 0 Å². The number of H-pyrrole nitrogens is 1. The molecule has 0 radical (unpaired) electrons. The first-order chi connectivity index (χ1) is 9.20. The monoisotopic (exact) mass is 276 g/mol. The number of hydrogen-bond acceptors (Lipinski definition) is 5. The molecule has 0 saturated heterocycles. The number of nitrogens with two attached hydrogens (primary N) is 1. The van der Waals surface area contributed by atoms with Crippen LogP contribution in [0.15, 0.2) is 51.6 Å². The van der Waals surface area contributed by atoms with Gasteiger partial charge in [-0.25, -0.2) is 4.98 Å². The molecule has 0 spiro atoms. The Labute approximate surface area is 113 Å². The van der Waals surface area contributed by atoms with E-state index in [2.05, 4.69) is 15.1 Å². The molecular weight excluding hydrogens is 264 g/mol. The minimum atomic E-state index is -0.192. The second kappa shape index (κ2) is 6.05. The minimum Gasteiger partial charge on any atom is -0.409 e. The molecule has 1 aromatic heterocycles. The Morgan fingerprint density at radius 1 is 1.42 bits per heavy atom. The summed E-state index contributed by atoms with van der Waals surface area (Å²) in [5.41, 5.74) is 6.97. The number of nitrogens with one attached hydrogen (secondary N) is 1.